The fourth-order valence-corrected chi connectivity index (χ4v) is 3.99. The molecule has 30 heavy (non-hydrogen) atoms. The minimum absolute atomic E-state index is 0.0110. The molecule has 0 atom stereocenters. The second-order valence-corrected chi connectivity index (χ2v) is 8.05. The number of carbonyl (C=O) groups is 1. The molecule has 1 saturated heterocycles. The van der Waals surface area contributed by atoms with Crippen LogP contribution in [0.1, 0.15) is 62.5 Å². The number of likely N-dealkylation sites (tertiary alicyclic amines) is 1. The van der Waals surface area contributed by atoms with E-state index in [2.05, 4.69) is 10.5 Å². The number of rotatable bonds is 7. The average Bonchev–Trinajstić information content (AvgIpc) is 2.74. The van der Waals surface area contributed by atoms with Gasteiger partial charge in [-0.05, 0) is 30.5 Å². The molecule has 1 aliphatic heterocycles. The lowest BCUT2D eigenvalue weighted by Gasteiger charge is -2.28. The maximum absolute atomic E-state index is 12.8. The van der Waals surface area contributed by atoms with Gasteiger partial charge in [0.2, 0.25) is 5.91 Å². The van der Waals surface area contributed by atoms with Gasteiger partial charge in [0, 0.05) is 44.9 Å². The molecule has 2 fully saturated rings. The number of nitrogens with one attached hydrogen (secondary N) is 1. The van der Waals surface area contributed by atoms with Crippen molar-refractivity contribution in [2.24, 2.45) is 5.16 Å². The van der Waals surface area contributed by atoms with Crippen molar-refractivity contribution in [1.29, 1.82) is 0 Å². The number of hydrogen-bond donors (Lipinski definition) is 1. The van der Waals surface area contributed by atoms with E-state index >= 15 is 0 Å². The first kappa shape index (κ1) is 22.6. The first-order chi connectivity index (χ1) is 14.4. The SMILES string of the molecule is O=C(CCNC1CCCCC1)N1CCC(=NOCc2cccc(C(F)(F)F)c2)CC1. The summed E-state index contributed by atoms with van der Waals surface area (Å²) < 4.78 is 38.3. The fourth-order valence-electron chi connectivity index (χ4n) is 3.99. The Bertz CT molecular complexity index is 721. The molecule has 1 aliphatic carbocycles. The van der Waals surface area contributed by atoms with Gasteiger partial charge < -0.3 is 15.1 Å². The zero-order valence-electron chi connectivity index (χ0n) is 17.2. The van der Waals surface area contributed by atoms with Crippen molar-refractivity contribution >= 4 is 11.6 Å². The molecular weight excluding hydrogens is 395 g/mol. The number of halogens is 3. The summed E-state index contributed by atoms with van der Waals surface area (Å²) in [6.07, 6.45) is 3.68. The quantitative estimate of drug-likeness (QED) is 0.654. The molecule has 1 aromatic carbocycles. The molecule has 5 nitrogen and oxygen atoms in total. The van der Waals surface area contributed by atoms with Gasteiger partial charge in [0.1, 0.15) is 6.61 Å². The lowest BCUT2D eigenvalue weighted by molar-refractivity contribution is -0.137. The molecule has 166 valence electrons. The van der Waals surface area contributed by atoms with E-state index in [0.29, 0.717) is 44.0 Å². The third-order valence-electron chi connectivity index (χ3n) is 5.75. The number of piperidine rings is 1. The predicted molar refractivity (Wildman–Crippen MR) is 109 cm³/mol. The second kappa shape index (κ2) is 10.8. The van der Waals surface area contributed by atoms with Gasteiger partial charge >= 0.3 is 6.18 Å². The fraction of sp³-hybridized carbons (Fsp3) is 0.636. The Kier molecular flexibility index (Phi) is 8.13. The van der Waals surface area contributed by atoms with Crippen molar-refractivity contribution in [3.8, 4) is 0 Å². The van der Waals surface area contributed by atoms with E-state index in [-0.39, 0.29) is 12.5 Å². The van der Waals surface area contributed by atoms with Gasteiger partial charge in [-0.2, -0.15) is 13.2 Å². The summed E-state index contributed by atoms with van der Waals surface area (Å²) in [7, 11) is 0. The van der Waals surface area contributed by atoms with E-state index in [1.807, 2.05) is 4.90 Å². The summed E-state index contributed by atoms with van der Waals surface area (Å²) in [5, 5.41) is 7.57. The van der Waals surface area contributed by atoms with E-state index in [0.717, 1.165) is 24.4 Å². The first-order valence-electron chi connectivity index (χ1n) is 10.8. The second-order valence-electron chi connectivity index (χ2n) is 8.05. The summed E-state index contributed by atoms with van der Waals surface area (Å²) >= 11 is 0. The molecule has 1 aromatic rings. The number of alkyl halides is 3. The molecular formula is C22H30F3N3O2. The molecule has 8 heteroatoms. The highest BCUT2D eigenvalue weighted by molar-refractivity contribution is 5.87. The highest BCUT2D eigenvalue weighted by Gasteiger charge is 2.30. The van der Waals surface area contributed by atoms with Gasteiger partial charge in [-0.3, -0.25) is 4.79 Å². The lowest BCUT2D eigenvalue weighted by atomic mass is 9.95. The molecule has 0 unspecified atom stereocenters. The molecule has 0 bridgehead atoms. The highest BCUT2D eigenvalue weighted by atomic mass is 19.4. The number of amides is 1. The van der Waals surface area contributed by atoms with Crippen LogP contribution in [0.15, 0.2) is 29.4 Å². The van der Waals surface area contributed by atoms with Crippen molar-refractivity contribution < 1.29 is 22.8 Å². The monoisotopic (exact) mass is 425 g/mol. The van der Waals surface area contributed by atoms with E-state index in [4.69, 9.17) is 4.84 Å². The van der Waals surface area contributed by atoms with Crippen LogP contribution in [0.2, 0.25) is 0 Å². The summed E-state index contributed by atoms with van der Waals surface area (Å²) in [5.41, 5.74) is 0.569. The molecule has 1 amide bonds. The lowest BCUT2D eigenvalue weighted by Crippen LogP contribution is -2.41. The number of hydrogen-bond acceptors (Lipinski definition) is 4. The Labute approximate surface area is 175 Å². The van der Waals surface area contributed by atoms with E-state index in [9.17, 15) is 18.0 Å². The van der Waals surface area contributed by atoms with Crippen LogP contribution in [0.4, 0.5) is 13.2 Å². The van der Waals surface area contributed by atoms with Gasteiger partial charge in [-0.15, -0.1) is 0 Å². The summed E-state index contributed by atoms with van der Waals surface area (Å²) in [6.45, 7) is 1.92. The Morgan fingerprint density at radius 3 is 2.60 bits per heavy atom. The summed E-state index contributed by atoms with van der Waals surface area (Å²) in [6, 6.07) is 5.61. The number of carbonyl (C=O) groups excluding carboxylic acids is 1. The molecule has 1 saturated carbocycles. The van der Waals surface area contributed by atoms with Crippen LogP contribution in [0.3, 0.4) is 0 Å². The van der Waals surface area contributed by atoms with Crippen LogP contribution in [-0.4, -0.2) is 42.2 Å². The minimum Gasteiger partial charge on any atom is -0.391 e. The van der Waals surface area contributed by atoms with E-state index in [1.165, 1.54) is 38.2 Å². The number of nitrogens with zero attached hydrogens (tertiary/aromatic N) is 2. The van der Waals surface area contributed by atoms with Gasteiger partial charge in [0.15, 0.2) is 0 Å². The largest absolute Gasteiger partial charge is 0.416 e. The van der Waals surface area contributed by atoms with Gasteiger partial charge in [-0.1, -0.05) is 36.6 Å². The third-order valence-corrected chi connectivity index (χ3v) is 5.75. The van der Waals surface area contributed by atoms with E-state index in [1.54, 1.807) is 6.07 Å². The Morgan fingerprint density at radius 1 is 1.17 bits per heavy atom. The van der Waals surface area contributed by atoms with E-state index < -0.39 is 11.7 Å². The van der Waals surface area contributed by atoms with Crippen molar-refractivity contribution in [1.82, 2.24) is 10.2 Å². The summed E-state index contributed by atoms with van der Waals surface area (Å²) in [4.78, 5) is 19.5. The molecule has 0 radical (unpaired) electrons. The maximum atomic E-state index is 12.8. The summed E-state index contributed by atoms with van der Waals surface area (Å²) in [5.74, 6) is 0.155. The zero-order chi connectivity index (χ0) is 21.4. The van der Waals surface area contributed by atoms with Crippen LogP contribution in [-0.2, 0) is 22.4 Å². The van der Waals surface area contributed by atoms with Crippen LogP contribution < -0.4 is 5.32 Å². The van der Waals surface area contributed by atoms with Crippen LogP contribution in [0, 0.1) is 0 Å². The van der Waals surface area contributed by atoms with Gasteiger partial charge in [0.25, 0.3) is 0 Å². The Hall–Kier alpha value is -2.09. The molecule has 1 N–H and O–H groups in total. The standard InChI is InChI=1S/C22H30F3N3O2/c23-22(24,25)18-6-4-5-17(15-18)16-30-27-20-10-13-28(14-11-20)21(29)9-12-26-19-7-2-1-3-8-19/h4-6,15,19,26H,1-3,7-14,16H2. The number of benzene rings is 1. The highest BCUT2D eigenvalue weighted by Crippen LogP contribution is 2.29. The Balaban J connectivity index is 1.35. The molecule has 0 spiro atoms. The van der Waals surface area contributed by atoms with Crippen LogP contribution in [0.25, 0.3) is 0 Å². The Morgan fingerprint density at radius 2 is 1.90 bits per heavy atom. The van der Waals surface area contributed by atoms with Crippen molar-refractivity contribution in [2.75, 3.05) is 19.6 Å². The van der Waals surface area contributed by atoms with Crippen molar-refractivity contribution in [2.45, 2.75) is 70.2 Å². The molecule has 2 aliphatic rings. The third kappa shape index (κ3) is 7.00. The van der Waals surface area contributed by atoms with Crippen LogP contribution >= 0.6 is 0 Å². The zero-order valence-corrected chi connectivity index (χ0v) is 17.2. The molecule has 3 rings (SSSR count). The smallest absolute Gasteiger partial charge is 0.391 e. The van der Waals surface area contributed by atoms with Crippen LogP contribution in [0.5, 0.6) is 0 Å². The van der Waals surface area contributed by atoms with Gasteiger partial charge in [-0.25, -0.2) is 0 Å². The topological polar surface area (TPSA) is 53.9 Å². The minimum atomic E-state index is -4.37. The van der Waals surface area contributed by atoms with Gasteiger partial charge in [0.05, 0.1) is 11.3 Å². The predicted octanol–water partition coefficient (Wildman–Crippen LogP) is 4.51. The normalized spacial score (nSPS) is 18.4. The molecule has 1 heterocycles. The average molecular weight is 425 g/mol. The molecule has 0 aromatic heterocycles. The van der Waals surface area contributed by atoms with Crippen molar-refractivity contribution in [3.63, 3.8) is 0 Å². The number of oxime groups is 1. The first-order valence-corrected chi connectivity index (χ1v) is 10.8. The van der Waals surface area contributed by atoms with Crippen molar-refractivity contribution in [3.05, 3.63) is 35.4 Å². The maximum Gasteiger partial charge on any atom is 0.416 e.